The van der Waals surface area contributed by atoms with Crippen LogP contribution in [0.1, 0.15) is 24.3 Å². The maximum Gasteiger partial charge on any atom is 0.262 e. The predicted octanol–water partition coefficient (Wildman–Crippen LogP) is 1.43. The maximum atomic E-state index is 12.7. The van der Waals surface area contributed by atoms with Crippen LogP contribution in [-0.2, 0) is 17.1 Å². The van der Waals surface area contributed by atoms with Crippen LogP contribution in [0.4, 0.5) is 5.82 Å². The predicted molar refractivity (Wildman–Crippen MR) is 87.7 cm³/mol. The first-order chi connectivity index (χ1) is 11.0. The summed E-state index contributed by atoms with van der Waals surface area (Å²) < 4.78 is 28.6. The topological polar surface area (TPSA) is 80.1 Å². The van der Waals surface area contributed by atoms with Crippen molar-refractivity contribution in [2.75, 3.05) is 25.5 Å². The third-order valence-corrected chi connectivity index (χ3v) is 5.93. The summed E-state index contributed by atoms with van der Waals surface area (Å²) in [6, 6.07) is 3.95. The van der Waals surface area contributed by atoms with Crippen LogP contribution in [0.25, 0.3) is 0 Å². The Kier molecular flexibility index (Phi) is 4.36. The summed E-state index contributed by atoms with van der Waals surface area (Å²) in [5.74, 6) is 0.976. The van der Waals surface area contributed by atoms with Crippen LogP contribution in [0.3, 0.4) is 0 Å². The van der Waals surface area contributed by atoms with Gasteiger partial charge in [-0.05, 0) is 36.5 Å². The number of anilines is 1. The van der Waals surface area contributed by atoms with E-state index in [1.807, 2.05) is 19.2 Å². The molecule has 7 nitrogen and oxygen atoms in total. The molecule has 0 aliphatic carbocycles. The summed E-state index contributed by atoms with van der Waals surface area (Å²) >= 11 is 0. The van der Waals surface area contributed by atoms with E-state index in [2.05, 4.69) is 15.3 Å². The third-order valence-electron chi connectivity index (χ3n) is 4.18. The molecule has 1 N–H and O–H groups in total. The van der Waals surface area contributed by atoms with Crippen molar-refractivity contribution in [1.29, 1.82) is 0 Å². The van der Waals surface area contributed by atoms with Gasteiger partial charge in [-0.25, -0.2) is 18.4 Å². The Balaban J connectivity index is 1.83. The summed E-state index contributed by atoms with van der Waals surface area (Å²) in [6.07, 6.45) is 6.63. The Labute approximate surface area is 136 Å². The summed E-state index contributed by atoms with van der Waals surface area (Å²) in [4.78, 5) is 8.22. The molecule has 8 heteroatoms. The third kappa shape index (κ3) is 3.23. The van der Waals surface area contributed by atoms with E-state index >= 15 is 0 Å². The molecule has 2 aromatic heterocycles. The highest BCUT2D eigenvalue weighted by Gasteiger charge is 2.32. The smallest absolute Gasteiger partial charge is 0.262 e. The highest BCUT2D eigenvalue weighted by molar-refractivity contribution is 7.89. The quantitative estimate of drug-likeness (QED) is 0.914. The summed E-state index contributed by atoms with van der Waals surface area (Å²) in [5.41, 5.74) is 1.12. The number of imidazole rings is 1. The number of aromatic nitrogens is 3. The number of hydrogen-bond donors (Lipinski definition) is 1. The van der Waals surface area contributed by atoms with E-state index in [4.69, 9.17) is 0 Å². The molecule has 2 aromatic rings. The number of hydrogen-bond acceptors (Lipinski definition) is 5. The number of nitrogens with zero attached hydrogens (tertiary/aromatic N) is 4. The second-order valence-electron chi connectivity index (χ2n) is 5.80. The van der Waals surface area contributed by atoms with Gasteiger partial charge in [-0.15, -0.1) is 0 Å². The van der Waals surface area contributed by atoms with E-state index in [0.29, 0.717) is 13.1 Å². The van der Waals surface area contributed by atoms with Crippen LogP contribution in [-0.4, -0.2) is 47.4 Å². The minimum Gasteiger partial charge on any atom is -0.373 e. The molecule has 23 heavy (non-hydrogen) atoms. The molecule has 1 fully saturated rings. The standard InChI is InChI=1S/C15H21N5O2S/c1-16-14-8-12(5-6-17-14)13-4-3-7-20(9-13)23(21,22)15-10-19(2)11-18-15/h5-6,8,10-11,13H,3-4,7,9H2,1-2H3,(H,16,17)/t13-/m0/s1. The average Bonchev–Trinajstić information content (AvgIpc) is 3.02. The Bertz CT molecular complexity index is 787. The molecule has 1 aliphatic rings. The Morgan fingerprint density at radius 1 is 1.35 bits per heavy atom. The second-order valence-corrected chi connectivity index (χ2v) is 7.69. The zero-order valence-electron chi connectivity index (χ0n) is 13.3. The van der Waals surface area contributed by atoms with Gasteiger partial charge in [0.1, 0.15) is 5.82 Å². The van der Waals surface area contributed by atoms with Gasteiger partial charge in [-0.3, -0.25) is 0 Å². The number of sulfonamides is 1. The van der Waals surface area contributed by atoms with E-state index in [1.165, 1.54) is 6.33 Å². The lowest BCUT2D eigenvalue weighted by atomic mass is 9.92. The van der Waals surface area contributed by atoms with Gasteiger partial charge >= 0.3 is 0 Å². The fourth-order valence-corrected chi connectivity index (χ4v) is 4.41. The molecule has 0 radical (unpaired) electrons. The van der Waals surface area contributed by atoms with Crippen molar-refractivity contribution in [1.82, 2.24) is 18.8 Å². The van der Waals surface area contributed by atoms with Gasteiger partial charge in [0.15, 0.2) is 5.03 Å². The molecule has 0 bridgehead atoms. The number of rotatable bonds is 4. The van der Waals surface area contributed by atoms with Gasteiger partial charge in [-0.1, -0.05) is 0 Å². The van der Waals surface area contributed by atoms with E-state index in [0.717, 1.165) is 24.2 Å². The van der Waals surface area contributed by atoms with Crippen LogP contribution < -0.4 is 5.32 Å². The van der Waals surface area contributed by atoms with Gasteiger partial charge in [0.25, 0.3) is 10.0 Å². The summed E-state index contributed by atoms with van der Waals surface area (Å²) in [6.45, 7) is 1.02. The lowest BCUT2D eigenvalue weighted by Crippen LogP contribution is -2.39. The highest BCUT2D eigenvalue weighted by Crippen LogP contribution is 2.30. The molecule has 124 valence electrons. The monoisotopic (exact) mass is 335 g/mol. The Hall–Kier alpha value is -1.93. The van der Waals surface area contributed by atoms with Crippen LogP contribution >= 0.6 is 0 Å². The molecule has 3 heterocycles. The average molecular weight is 335 g/mol. The van der Waals surface area contributed by atoms with Crippen molar-refractivity contribution in [3.05, 3.63) is 36.4 Å². The minimum atomic E-state index is -3.53. The second kappa shape index (κ2) is 6.29. The van der Waals surface area contributed by atoms with E-state index in [9.17, 15) is 8.42 Å². The van der Waals surface area contributed by atoms with Crippen LogP contribution in [0.5, 0.6) is 0 Å². The zero-order chi connectivity index (χ0) is 16.4. The van der Waals surface area contributed by atoms with Crippen molar-refractivity contribution < 1.29 is 8.42 Å². The molecule has 3 rings (SSSR count). The first kappa shape index (κ1) is 15.9. The van der Waals surface area contributed by atoms with Crippen molar-refractivity contribution in [2.24, 2.45) is 7.05 Å². The molecule has 1 saturated heterocycles. The first-order valence-corrected chi connectivity index (χ1v) is 9.06. The van der Waals surface area contributed by atoms with Crippen LogP contribution in [0.2, 0.25) is 0 Å². The van der Waals surface area contributed by atoms with E-state index < -0.39 is 10.0 Å². The SMILES string of the molecule is CNc1cc([C@H]2CCCN(S(=O)(=O)c3cn(C)cn3)C2)ccn1. The van der Waals surface area contributed by atoms with Gasteiger partial charge in [-0.2, -0.15) is 4.31 Å². The van der Waals surface area contributed by atoms with Crippen molar-refractivity contribution in [2.45, 2.75) is 23.8 Å². The molecule has 0 aromatic carbocycles. The lowest BCUT2D eigenvalue weighted by molar-refractivity contribution is 0.315. The molecular formula is C15H21N5O2S. The van der Waals surface area contributed by atoms with E-state index in [1.54, 1.807) is 28.3 Å². The van der Waals surface area contributed by atoms with Crippen molar-refractivity contribution >= 4 is 15.8 Å². The van der Waals surface area contributed by atoms with E-state index in [-0.39, 0.29) is 10.9 Å². The molecule has 0 saturated carbocycles. The molecular weight excluding hydrogens is 314 g/mol. The molecule has 1 atom stereocenters. The van der Waals surface area contributed by atoms with Crippen LogP contribution in [0, 0.1) is 0 Å². The highest BCUT2D eigenvalue weighted by atomic mass is 32.2. The van der Waals surface area contributed by atoms with Gasteiger partial charge in [0.05, 0.1) is 6.33 Å². The molecule has 0 amide bonds. The largest absolute Gasteiger partial charge is 0.373 e. The Morgan fingerprint density at radius 2 is 2.17 bits per heavy atom. The molecule has 0 spiro atoms. The minimum absolute atomic E-state index is 0.117. The molecule has 0 unspecified atom stereocenters. The normalized spacial score (nSPS) is 19.7. The number of pyridine rings is 1. The maximum absolute atomic E-state index is 12.7. The molecule has 1 aliphatic heterocycles. The van der Waals surface area contributed by atoms with Crippen LogP contribution in [0.15, 0.2) is 35.9 Å². The van der Waals surface area contributed by atoms with Gasteiger partial charge in [0, 0.05) is 39.6 Å². The first-order valence-electron chi connectivity index (χ1n) is 7.62. The van der Waals surface area contributed by atoms with Gasteiger partial charge in [0.2, 0.25) is 0 Å². The number of nitrogens with one attached hydrogen (secondary N) is 1. The van der Waals surface area contributed by atoms with Gasteiger partial charge < -0.3 is 9.88 Å². The van der Waals surface area contributed by atoms with Crippen molar-refractivity contribution in [3.8, 4) is 0 Å². The summed E-state index contributed by atoms with van der Waals surface area (Å²) in [7, 11) is 0.0617. The lowest BCUT2D eigenvalue weighted by Gasteiger charge is -2.31. The summed E-state index contributed by atoms with van der Waals surface area (Å²) in [5, 5.41) is 3.14. The van der Waals surface area contributed by atoms with Crippen molar-refractivity contribution in [3.63, 3.8) is 0 Å². The fraction of sp³-hybridized carbons (Fsp3) is 0.467. The number of aryl methyl sites for hydroxylation is 1. The Morgan fingerprint density at radius 3 is 2.87 bits per heavy atom. The number of piperidine rings is 1. The fourth-order valence-electron chi connectivity index (χ4n) is 2.92. The zero-order valence-corrected chi connectivity index (χ0v) is 14.1.